The number of aliphatic hydroxyl groups excluding tert-OH is 1. The summed E-state index contributed by atoms with van der Waals surface area (Å²) < 4.78 is 0. The van der Waals surface area contributed by atoms with Gasteiger partial charge in [0.05, 0.1) is 6.10 Å². The van der Waals surface area contributed by atoms with Gasteiger partial charge >= 0.3 is 0 Å². The Morgan fingerprint density at radius 2 is 2.17 bits per heavy atom. The fourth-order valence-electron chi connectivity index (χ4n) is 5.23. The Labute approximate surface area is 111 Å². The summed E-state index contributed by atoms with van der Waals surface area (Å²) >= 11 is 0. The third kappa shape index (κ3) is 1.56. The van der Waals surface area contributed by atoms with Gasteiger partial charge in [-0.2, -0.15) is 0 Å². The molecule has 0 aliphatic heterocycles. The summed E-state index contributed by atoms with van der Waals surface area (Å²) in [5.41, 5.74) is 2.94. The highest BCUT2D eigenvalue weighted by Crippen LogP contribution is 2.62. The third-order valence-corrected chi connectivity index (χ3v) is 6.02. The quantitative estimate of drug-likeness (QED) is 0.691. The SMILES string of the molecule is C=C(C)[C@H]1CC[C@H]2C=C(C)C[C@@H]3CCC[C@@]32[C@@H]1O. The smallest absolute Gasteiger partial charge is 0.0669 e. The second-order valence-electron chi connectivity index (χ2n) is 7.00. The van der Waals surface area contributed by atoms with Crippen LogP contribution in [0.4, 0.5) is 0 Å². The van der Waals surface area contributed by atoms with E-state index in [1.807, 2.05) is 0 Å². The Hall–Kier alpha value is -0.560. The highest BCUT2D eigenvalue weighted by molar-refractivity contribution is 5.22. The zero-order valence-electron chi connectivity index (χ0n) is 11.8. The van der Waals surface area contributed by atoms with Crippen molar-refractivity contribution in [1.82, 2.24) is 0 Å². The van der Waals surface area contributed by atoms with Crippen molar-refractivity contribution in [2.45, 2.75) is 58.5 Å². The van der Waals surface area contributed by atoms with Crippen molar-refractivity contribution in [3.05, 3.63) is 23.8 Å². The molecule has 0 radical (unpaired) electrons. The minimum absolute atomic E-state index is 0.148. The molecule has 18 heavy (non-hydrogen) atoms. The van der Waals surface area contributed by atoms with E-state index in [9.17, 15) is 5.11 Å². The van der Waals surface area contributed by atoms with Crippen LogP contribution in [0.1, 0.15) is 52.4 Å². The molecule has 1 spiro atoms. The minimum atomic E-state index is -0.148. The number of hydrogen-bond acceptors (Lipinski definition) is 1. The molecule has 0 aromatic heterocycles. The summed E-state index contributed by atoms with van der Waals surface area (Å²) in [6.07, 6.45) is 9.80. The van der Waals surface area contributed by atoms with E-state index in [1.165, 1.54) is 37.7 Å². The maximum absolute atomic E-state index is 11.0. The van der Waals surface area contributed by atoms with Crippen LogP contribution < -0.4 is 0 Å². The Kier molecular flexibility index (Phi) is 2.93. The zero-order valence-corrected chi connectivity index (χ0v) is 11.8. The highest BCUT2D eigenvalue weighted by Gasteiger charge is 2.57. The molecule has 100 valence electrons. The van der Waals surface area contributed by atoms with Crippen LogP contribution in [0.15, 0.2) is 23.8 Å². The number of hydrogen-bond donors (Lipinski definition) is 1. The average molecular weight is 246 g/mol. The largest absolute Gasteiger partial charge is 0.392 e. The molecule has 3 aliphatic rings. The van der Waals surface area contributed by atoms with Gasteiger partial charge in [0.2, 0.25) is 0 Å². The second-order valence-corrected chi connectivity index (χ2v) is 7.00. The summed E-state index contributed by atoms with van der Waals surface area (Å²) in [6, 6.07) is 0. The fraction of sp³-hybridized carbons (Fsp3) is 0.765. The maximum atomic E-state index is 11.0. The van der Waals surface area contributed by atoms with Gasteiger partial charge in [-0.15, -0.1) is 0 Å². The molecule has 0 aromatic carbocycles. The van der Waals surface area contributed by atoms with Crippen molar-refractivity contribution < 1.29 is 5.11 Å². The first-order valence-corrected chi connectivity index (χ1v) is 7.56. The number of allylic oxidation sites excluding steroid dienone is 2. The number of rotatable bonds is 1. The highest BCUT2D eigenvalue weighted by atomic mass is 16.3. The normalized spacial score (nSPS) is 47.2. The van der Waals surface area contributed by atoms with Crippen LogP contribution in [0.25, 0.3) is 0 Å². The summed E-state index contributed by atoms with van der Waals surface area (Å²) in [6.45, 7) is 8.49. The van der Waals surface area contributed by atoms with Gasteiger partial charge in [0.1, 0.15) is 0 Å². The van der Waals surface area contributed by atoms with Gasteiger partial charge in [0.15, 0.2) is 0 Å². The van der Waals surface area contributed by atoms with Gasteiger partial charge in [0.25, 0.3) is 0 Å². The molecule has 0 aromatic rings. The molecule has 3 aliphatic carbocycles. The predicted molar refractivity (Wildman–Crippen MR) is 75.2 cm³/mol. The minimum Gasteiger partial charge on any atom is -0.392 e. The van der Waals surface area contributed by atoms with Crippen molar-refractivity contribution in [3.8, 4) is 0 Å². The second kappa shape index (κ2) is 4.23. The monoisotopic (exact) mass is 246 g/mol. The van der Waals surface area contributed by atoms with E-state index in [-0.39, 0.29) is 11.5 Å². The van der Waals surface area contributed by atoms with Gasteiger partial charge in [-0.05, 0) is 57.8 Å². The van der Waals surface area contributed by atoms with Gasteiger partial charge in [-0.1, -0.05) is 30.2 Å². The van der Waals surface area contributed by atoms with Crippen LogP contribution >= 0.6 is 0 Å². The molecule has 5 atom stereocenters. The van der Waals surface area contributed by atoms with E-state index in [0.717, 1.165) is 12.3 Å². The van der Waals surface area contributed by atoms with E-state index >= 15 is 0 Å². The molecule has 0 heterocycles. The Bertz CT molecular complexity index is 394. The first-order chi connectivity index (χ1) is 8.55. The van der Waals surface area contributed by atoms with Crippen molar-refractivity contribution in [3.63, 3.8) is 0 Å². The lowest BCUT2D eigenvalue weighted by atomic mass is 9.52. The van der Waals surface area contributed by atoms with Crippen LogP contribution in [0.3, 0.4) is 0 Å². The zero-order chi connectivity index (χ0) is 12.9. The molecule has 0 saturated heterocycles. The summed E-state index contributed by atoms with van der Waals surface area (Å²) in [7, 11) is 0. The molecule has 1 N–H and O–H groups in total. The Morgan fingerprint density at radius 1 is 1.39 bits per heavy atom. The lowest BCUT2D eigenvalue weighted by Gasteiger charge is -2.54. The van der Waals surface area contributed by atoms with Crippen LogP contribution in [-0.4, -0.2) is 11.2 Å². The van der Waals surface area contributed by atoms with Crippen molar-refractivity contribution in [2.75, 3.05) is 0 Å². The summed E-state index contributed by atoms with van der Waals surface area (Å²) in [5, 5.41) is 11.0. The van der Waals surface area contributed by atoms with E-state index in [0.29, 0.717) is 11.8 Å². The third-order valence-electron chi connectivity index (χ3n) is 6.02. The molecule has 1 nitrogen and oxygen atoms in total. The topological polar surface area (TPSA) is 20.2 Å². The molecular formula is C17H26O. The van der Waals surface area contributed by atoms with Crippen molar-refractivity contribution in [2.24, 2.45) is 23.2 Å². The summed E-state index contributed by atoms with van der Waals surface area (Å²) in [5.74, 6) is 1.70. The van der Waals surface area contributed by atoms with E-state index < -0.39 is 0 Å². The van der Waals surface area contributed by atoms with Gasteiger partial charge < -0.3 is 5.11 Å². The molecule has 2 fully saturated rings. The van der Waals surface area contributed by atoms with Crippen LogP contribution in [0, 0.1) is 23.2 Å². The van der Waals surface area contributed by atoms with Gasteiger partial charge in [-0.3, -0.25) is 0 Å². The van der Waals surface area contributed by atoms with Gasteiger partial charge in [0, 0.05) is 11.3 Å². The Balaban J connectivity index is 2.00. The van der Waals surface area contributed by atoms with Crippen molar-refractivity contribution in [1.29, 1.82) is 0 Å². The number of aliphatic hydroxyl groups is 1. The molecule has 1 heteroatoms. The molecule has 3 rings (SSSR count). The molecule has 0 unspecified atom stereocenters. The standard InChI is InChI=1S/C17H26O/c1-11(2)15-7-6-14-10-12(3)9-13-5-4-8-17(13,14)16(15)18/h10,13-16,18H,1,4-9H2,2-3H3/t13-,14-,15+,16+,17+/m0/s1. The lowest BCUT2D eigenvalue weighted by Crippen LogP contribution is -2.52. The predicted octanol–water partition coefficient (Wildman–Crippen LogP) is 4.09. The van der Waals surface area contributed by atoms with Crippen LogP contribution in [0.5, 0.6) is 0 Å². The Morgan fingerprint density at radius 3 is 2.89 bits per heavy atom. The van der Waals surface area contributed by atoms with Crippen molar-refractivity contribution >= 4 is 0 Å². The maximum Gasteiger partial charge on any atom is 0.0669 e. The molecule has 2 saturated carbocycles. The lowest BCUT2D eigenvalue weighted by molar-refractivity contribution is -0.0947. The first kappa shape index (κ1) is 12.5. The van der Waals surface area contributed by atoms with Crippen LogP contribution in [-0.2, 0) is 0 Å². The molecular weight excluding hydrogens is 220 g/mol. The van der Waals surface area contributed by atoms with E-state index in [2.05, 4.69) is 26.5 Å². The summed E-state index contributed by atoms with van der Waals surface area (Å²) in [4.78, 5) is 0. The first-order valence-electron chi connectivity index (χ1n) is 7.56. The molecule has 0 amide bonds. The van der Waals surface area contributed by atoms with E-state index in [4.69, 9.17) is 0 Å². The van der Waals surface area contributed by atoms with E-state index in [1.54, 1.807) is 5.57 Å². The fourth-order valence-corrected chi connectivity index (χ4v) is 5.23. The average Bonchev–Trinajstić information content (AvgIpc) is 2.71. The molecule has 0 bridgehead atoms. The van der Waals surface area contributed by atoms with Gasteiger partial charge in [-0.25, -0.2) is 0 Å². The van der Waals surface area contributed by atoms with Crippen LogP contribution in [0.2, 0.25) is 0 Å².